The molecule has 0 aromatic rings. The number of nitrogens with zero attached hydrogens (tertiary/aromatic N) is 1. The Balaban J connectivity index is -0.000000138. The van der Waals surface area contributed by atoms with Gasteiger partial charge in [0.25, 0.3) is 0 Å². The Bertz CT molecular complexity index is 87.6. The lowest BCUT2D eigenvalue weighted by molar-refractivity contribution is 1.50. The first-order valence-corrected chi connectivity index (χ1v) is 5.23. The predicted octanol–water partition coefficient (Wildman–Crippen LogP) is 3.96. The van der Waals surface area contributed by atoms with Crippen LogP contribution >= 0.6 is 11.8 Å². The summed E-state index contributed by atoms with van der Waals surface area (Å²) in [7, 11) is 0. The highest BCUT2D eigenvalue weighted by Gasteiger charge is 1.77. The molecule has 0 heterocycles. The molecule has 0 aliphatic rings. The summed E-state index contributed by atoms with van der Waals surface area (Å²) in [5, 5.41) is 1.05. The van der Waals surface area contributed by atoms with Gasteiger partial charge in [-0.25, -0.2) is 0 Å². The van der Waals surface area contributed by atoms with E-state index >= 15 is 0 Å². The summed E-state index contributed by atoms with van der Waals surface area (Å²) in [6.45, 7) is 13.4. The van der Waals surface area contributed by atoms with Crippen molar-refractivity contribution >= 4 is 16.8 Å². The zero-order chi connectivity index (χ0) is 9.70. The summed E-state index contributed by atoms with van der Waals surface area (Å²) >= 11 is 1.63. The lowest BCUT2D eigenvalue weighted by Gasteiger charge is -1.84. The van der Waals surface area contributed by atoms with E-state index in [1.807, 2.05) is 40.9 Å². The van der Waals surface area contributed by atoms with Crippen molar-refractivity contribution < 1.29 is 0 Å². The Kier molecular flexibility index (Phi) is 34.9. The normalized spacial score (nSPS) is 8.36. The van der Waals surface area contributed by atoms with Crippen LogP contribution in [0.15, 0.2) is 17.8 Å². The Labute approximate surface area is 76.0 Å². The summed E-state index contributed by atoms with van der Waals surface area (Å²) in [5.74, 6) is 0. The van der Waals surface area contributed by atoms with E-state index in [9.17, 15) is 0 Å². The molecule has 0 aliphatic heterocycles. The fraction of sp³-hybridized carbons (Fsp3) is 0.667. The zero-order valence-electron chi connectivity index (χ0n) is 8.64. The van der Waals surface area contributed by atoms with Crippen molar-refractivity contribution in [1.82, 2.24) is 0 Å². The highest BCUT2D eigenvalue weighted by Crippen LogP contribution is 1.95. The Morgan fingerprint density at radius 1 is 1.27 bits per heavy atom. The Hall–Kier alpha value is -0.240. The first-order valence-electron chi connectivity index (χ1n) is 4.00. The molecule has 1 nitrogen and oxygen atoms in total. The van der Waals surface area contributed by atoms with Crippen LogP contribution in [0.2, 0.25) is 0 Å². The molecular weight excluding hydrogens is 154 g/mol. The van der Waals surface area contributed by atoms with Crippen molar-refractivity contribution in [2.75, 3.05) is 6.26 Å². The largest absolute Gasteiger partial charge is 0.255 e. The van der Waals surface area contributed by atoms with Gasteiger partial charge in [0.2, 0.25) is 0 Å². The number of hydrogen-bond acceptors (Lipinski definition) is 2. The van der Waals surface area contributed by atoms with Gasteiger partial charge in [0.15, 0.2) is 0 Å². The van der Waals surface area contributed by atoms with Gasteiger partial charge >= 0.3 is 0 Å². The van der Waals surface area contributed by atoms with Gasteiger partial charge < -0.3 is 0 Å². The third kappa shape index (κ3) is 25.9. The molecular formula is C9H21NS. The molecule has 2 heteroatoms. The minimum absolute atomic E-state index is 1.05. The van der Waals surface area contributed by atoms with Gasteiger partial charge in [0.05, 0.1) is 5.04 Å². The van der Waals surface area contributed by atoms with E-state index in [1.165, 1.54) is 0 Å². The summed E-state index contributed by atoms with van der Waals surface area (Å²) in [6.07, 6.45) is 3.54. The number of hydrogen-bond donors (Lipinski definition) is 0. The van der Waals surface area contributed by atoms with Crippen LogP contribution in [0.25, 0.3) is 0 Å². The first kappa shape index (κ1) is 17.0. The van der Waals surface area contributed by atoms with Crippen LogP contribution in [-0.2, 0) is 0 Å². The second kappa shape index (κ2) is 22.6. The molecule has 0 radical (unpaired) electrons. The Morgan fingerprint density at radius 2 is 1.64 bits per heavy atom. The average molecular weight is 175 g/mol. The number of aliphatic imine (C=N–C) groups is 1. The topological polar surface area (TPSA) is 12.4 Å². The molecule has 0 aliphatic carbocycles. The first-order chi connectivity index (χ1) is 5.31. The third-order valence-corrected chi connectivity index (χ3v) is 1.26. The summed E-state index contributed by atoms with van der Waals surface area (Å²) in [5.41, 5.74) is 0. The van der Waals surface area contributed by atoms with E-state index in [0.717, 1.165) is 5.04 Å². The van der Waals surface area contributed by atoms with Gasteiger partial charge in [-0.1, -0.05) is 34.3 Å². The second-order valence-electron chi connectivity index (χ2n) is 1.03. The highest BCUT2D eigenvalue weighted by molar-refractivity contribution is 8.13. The number of thioether (sulfide) groups is 1. The summed E-state index contributed by atoms with van der Waals surface area (Å²) < 4.78 is 0. The SMILES string of the molecule is C=CN=C(C)SC.CC.CC. The molecule has 11 heavy (non-hydrogen) atoms. The van der Waals surface area contributed by atoms with Crippen LogP contribution in [0, 0.1) is 0 Å². The van der Waals surface area contributed by atoms with Crippen molar-refractivity contribution in [3.8, 4) is 0 Å². The summed E-state index contributed by atoms with van der Waals surface area (Å²) in [6, 6.07) is 0. The molecule has 0 amide bonds. The Morgan fingerprint density at radius 3 is 1.73 bits per heavy atom. The van der Waals surface area contributed by atoms with E-state index in [4.69, 9.17) is 0 Å². The highest BCUT2D eigenvalue weighted by atomic mass is 32.2. The maximum atomic E-state index is 3.89. The molecule has 68 valence electrons. The molecule has 0 aromatic carbocycles. The van der Waals surface area contributed by atoms with Crippen molar-refractivity contribution in [3.05, 3.63) is 12.8 Å². The lowest BCUT2D eigenvalue weighted by atomic mass is 10.8. The molecule has 0 rings (SSSR count). The van der Waals surface area contributed by atoms with Crippen LogP contribution in [-0.4, -0.2) is 11.3 Å². The van der Waals surface area contributed by atoms with Crippen molar-refractivity contribution in [2.24, 2.45) is 4.99 Å². The van der Waals surface area contributed by atoms with Gasteiger partial charge in [-0.3, -0.25) is 4.99 Å². The van der Waals surface area contributed by atoms with Gasteiger partial charge in [-0.05, 0) is 13.2 Å². The number of rotatable bonds is 1. The smallest absolute Gasteiger partial charge is 0.0697 e. The van der Waals surface area contributed by atoms with Crippen LogP contribution in [0.5, 0.6) is 0 Å². The maximum absolute atomic E-state index is 3.89. The lowest BCUT2D eigenvalue weighted by Crippen LogP contribution is -1.75. The zero-order valence-corrected chi connectivity index (χ0v) is 9.46. The fourth-order valence-corrected chi connectivity index (χ4v) is 0.361. The van der Waals surface area contributed by atoms with Gasteiger partial charge in [0.1, 0.15) is 0 Å². The molecule has 0 N–H and O–H groups in total. The third-order valence-electron chi connectivity index (χ3n) is 0.569. The molecule has 0 fully saturated rings. The molecule has 0 bridgehead atoms. The molecule has 0 spiro atoms. The van der Waals surface area contributed by atoms with Crippen molar-refractivity contribution in [3.63, 3.8) is 0 Å². The van der Waals surface area contributed by atoms with Crippen molar-refractivity contribution in [2.45, 2.75) is 34.6 Å². The van der Waals surface area contributed by atoms with Crippen LogP contribution in [0.4, 0.5) is 0 Å². The van der Waals surface area contributed by atoms with E-state index in [0.29, 0.717) is 0 Å². The molecule has 0 atom stereocenters. The maximum Gasteiger partial charge on any atom is 0.0697 e. The standard InChI is InChI=1S/C5H9NS.2C2H6/c1-4-6-5(2)7-3;2*1-2/h4H,1H2,2-3H3;2*1-2H3. The second-order valence-corrected chi connectivity index (χ2v) is 2.03. The van der Waals surface area contributed by atoms with Gasteiger partial charge in [0, 0.05) is 6.20 Å². The van der Waals surface area contributed by atoms with Crippen molar-refractivity contribution in [1.29, 1.82) is 0 Å². The fourth-order valence-electron chi connectivity index (χ4n) is 0.181. The van der Waals surface area contributed by atoms with E-state index in [2.05, 4.69) is 11.6 Å². The summed E-state index contributed by atoms with van der Waals surface area (Å²) in [4.78, 5) is 3.89. The van der Waals surface area contributed by atoms with Crippen LogP contribution < -0.4 is 0 Å². The molecule has 0 saturated carbocycles. The average Bonchev–Trinajstić information content (AvgIpc) is 2.12. The molecule has 0 saturated heterocycles. The monoisotopic (exact) mass is 175 g/mol. The molecule has 0 aromatic heterocycles. The molecule has 0 unspecified atom stereocenters. The van der Waals surface area contributed by atoms with E-state index in [-0.39, 0.29) is 0 Å². The van der Waals surface area contributed by atoms with Crippen LogP contribution in [0.1, 0.15) is 34.6 Å². The minimum atomic E-state index is 1.05. The quantitative estimate of drug-likeness (QED) is 0.434. The van der Waals surface area contributed by atoms with Gasteiger partial charge in [-0.2, -0.15) is 0 Å². The van der Waals surface area contributed by atoms with Crippen LogP contribution in [0.3, 0.4) is 0 Å². The van der Waals surface area contributed by atoms with Gasteiger partial charge in [-0.15, -0.1) is 11.8 Å². The van der Waals surface area contributed by atoms with E-state index < -0.39 is 0 Å². The predicted molar refractivity (Wildman–Crippen MR) is 59.5 cm³/mol. The van der Waals surface area contributed by atoms with E-state index in [1.54, 1.807) is 18.0 Å². The minimum Gasteiger partial charge on any atom is -0.255 e.